The van der Waals surface area contributed by atoms with Gasteiger partial charge in [-0.1, -0.05) is 25.8 Å². The molecule has 0 spiro atoms. The van der Waals surface area contributed by atoms with Gasteiger partial charge in [-0.2, -0.15) is 0 Å². The Morgan fingerprint density at radius 3 is 1.44 bits per heavy atom. The summed E-state index contributed by atoms with van der Waals surface area (Å²) in [5.74, 6) is 0. The first-order valence-electron chi connectivity index (χ1n) is 9.51. The van der Waals surface area contributed by atoms with Gasteiger partial charge in [0, 0.05) is 0 Å². The van der Waals surface area contributed by atoms with Gasteiger partial charge in [0.2, 0.25) is 0 Å². The minimum atomic E-state index is -1.75. The Bertz CT molecular complexity index is 359. The van der Waals surface area contributed by atoms with Gasteiger partial charge in [-0.15, -0.1) is 0 Å². The normalized spacial score (nSPS) is 10.2. The van der Waals surface area contributed by atoms with Crippen LogP contribution in [0.1, 0.15) is 84.0 Å². The van der Waals surface area contributed by atoms with Gasteiger partial charge in [0.1, 0.15) is 0 Å². The summed E-state index contributed by atoms with van der Waals surface area (Å²) in [5.41, 5.74) is 0. The largest absolute Gasteiger partial charge is 0.356 e. The first-order valence-corrected chi connectivity index (χ1v) is 10.3. The molecular weight excluding hydrogens is 367 g/mol. The summed E-state index contributed by atoms with van der Waals surface area (Å²) in [4.78, 5) is 16.5. The van der Waals surface area contributed by atoms with Crippen LogP contribution in [0, 0.1) is 30.6 Å². The zero-order valence-electron chi connectivity index (χ0n) is 16.4. The van der Waals surface area contributed by atoms with E-state index in [0.29, 0.717) is 0 Å². The molecule has 0 aliphatic rings. The summed E-state index contributed by atoms with van der Waals surface area (Å²) in [6.07, 6.45) is 25.5. The van der Waals surface area contributed by atoms with E-state index in [2.05, 4.69) is 47.5 Å². The quantitative estimate of drug-likeness (QED) is 0.117. The molecule has 9 heteroatoms. The molecule has 0 radical (unpaired) electrons. The third kappa shape index (κ3) is 59.0. The monoisotopic (exact) mass is 400 g/mol. The van der Waals surface area contributed by atoms with Gasteiger partial charge >= 0.3 is 91.2 Å². The third-order valence-corrected chi connectivity index (χ3v) is 3.81. The number of hydrogen-bond acceptors (Lipinski definition) is 6. The summed E-state index contributed by atoms with van der Waals surface area (Å²) in [5, 5.41) is 30.8. The molecule has 0 aliphatic heterocycles. The predicted octanol–water partition coefficient (Wildman–Crippen LogP) is 5.91. The standard InChI is InChI=1S/C18H33.Al.2NO3/c1-3-5-7-9-11-13-15-17-18-16-14-12-10-8-6-4-2;;2*2-1(3)4/h12,14,17-18H,1,3-11,13,15-16H2,2H3;;;/q;+2;2*-1/b14-12-,18-17-;;;. The fourth-order valence-electron chi connectivity index (χ4n) is 2.13. The summed E-state index contributed by atoms with van der Waals surface area (Å²) in [6, 6.07) is 0. The molecule has 0 saturated heterocycles. The van der Waals surface area contributed by atoms with Crippen molar-refractivity contribution in [2.75, 3.05) is 0 Å². The molecule has 0 N–H and O–H groups in total. The molecule has 0 aliphatic carbocycles. The molecule has 0 unspecified atom stereocenters. The SMILES string of the molecule is CCCCC/C=C\C/C=C\CCCCCCC[CH2][Al+2].O=[N+]([O-])[O-].O=[N+]([O-])[O-]. The second-order valence-electron chi connectivity index (χ2n) is 5.82. The summed E-state index contributed by atoms with van der Waals surface area (Å²) in [6.45, 7) is 2.26. The van der Waals surface area contributed by atoms with Crippen molar-refractivity contribution in [3.05, 3.63) is 54.9 Å². The number of allylic oxidation sites excluding steroid dienone is 4. The molecule has 0 heterocycles. The van der Waals surface area contributed by atoms with Crippen LogP contribution in [0.3, 0.4) is 0 Å². The summed E-state index contributed by atoms with van der Waals surface area (Å²) >= 11 is 2.81. The van der Waals surface area contributed by atoms with Crippen molar-refractivity contribution in [1.29, 1.82) is 0 Å². The second-order valence-corrected chi connectivity index (χ2v) is 6.40. The zero-order chi connectivity index (χ0) is 21.2. The second kappa shape index (κ2) is 29.2. The van der Waals surface area contributed by atoms with E-state index in [4.69, 9.17) is 30.6 Å². The molecule has 0 saturated carbocycles. The van der Waals surface area contributed by atoms with Gasteiger partial charge in [0.05, 0.1) is 10.2 Å². The summed E-state index contributed by atoms with van der Waals surface area (Å²) < 4.78 is 0. The Kier molecular flexibility index (Phi) is 32.6. The Balaban J connectivity index is -0.000000603. The number of unbranched alkanes of at least 4 members (excludes halogenated alkanes) is 9. The minimum absolute atomic E-state index is 1.13. The molecule has 0 aromatic heterocycles. The van der Waals surface area contributed by atoms with Crippen molar-refractivity contribution in [2.45, 2.75) is 89.3 Å². The van der Waals surface area contributed by atoms with Crippen molar-refractivity contribution in [1.82, 2.24) is 0 Å². The number of rotatable bonds is 14. The Hall–Kier alpha value is -1.59. The van der Waals surface area contributed by atoms with Gasteiger partial charge in [0.15, 0.2) is 0 Å². The van der Waals surface area contributed by atoms with Crippen molar-refractivity contribution in [3.8, 4) is 0 Å². The summed E-state index contributed by atoms with van der Waals surface area (Å²) in [7, 11) is 0. The smallest absolute Gasteiger partial charge is 0.0689 e. The van der Waals surface area contributed by atoms with Crippen molar-refractivity contribution >= 4 is 16.3 Å². The van der Waals surface area contributed by atoms with Crippen LogP contribution in [-0.2, 0) is 0 Å². The van der Waals surface area contributed by atoms with E-state index in [-0.39, 0.29) is 0 Å². The van der Waals surface area contributed by atoms with Gasteiger partial charge in [-0.3, -0.25) is 0 Å². The van der Waals surface area contributed by atoms with Crippen molar-refractivity contribution in [2.24, 2.45) is 0 Å². The van der Waals surface area contributed by atoms with Crippen LogP contribution < -0.4 is 0 Å². The van der Waals surface area contributed by atoms with E-state index in [1.807, 2.05) is 0 Å². The first-order chi connectivity index (χ1) is 12.9. The fourth-order valence-corrected chi connectivity index (χ4v) is 2.42. The maximum atomic E-state index is 8.25. The predicted molar refractivity (Wildman–Crippen MR) is 111 cm³/mol. The molecule has 8 nitrogen and oxygen atoms in total. The molecule has 0 fully saturated rings. The van der Waals surface area contributed by atoms with Crippen LogP contribution >= 0.6 is 0 Å². The molecular formula is C18H33AlN2O6. The zero-order valence-corrected chi connectivity index (χ0v) is 17.6. The van der Waals surface area contributed by atoms with E-state index >= 15 is 0 Å². The molecule has 154 valence electrons. The average molecular weight is 400 g/mol. The maximum Gasteiger partial charge on any atom is 0.0689 e. The van der Waals surface area contributed by atoms with Crippen LogP contribution in [0.15, 0.2) is 24.3 Å². The molecule has 0 aromatic carbocycles. The van der Waals surface area contributed by atoms with Crippen LogP contribution in [0.5, 0.6) is 0 Å². The van der Waals surface area contributed by atoms with Gasteiger partial charge in [-0.25, -0.2) is 0 Å². The Labute approximate surface area is 171 Å². The van der Waals surface area contributed by atoms with Gasteiger partial charge in [0.25, 0.3) is 0 Å². The van der Waals surface area contributed by atoms with Crippen LogP contribution in [0.4, 0.5) is 0 Å². The van der Waals surface area contributed by atoms with Gasteiger partial charge in [-0.05, 0) is 12.8 Å². The molecule has 0 rings (SSSR count). The first kappa shape index (κ1) is 30.2. The topological polar surface area (TPSA) is 132 Å². The van der Waals surface area contributed by atoms with E-state index < -0.39 is 10.2 Å². The Morgan fingerprint density at radius 2 is 1.04 bits per heavy atom. The Morgan fingerprint density at radius 1 is 0.667 bits per heavy atom. The molecule has 27 heavy (non-hydrogen) atoms. The van der Waals surface area contributed by atoms with Crippen LogP contribution in [0.25, 0.3) is 0 Å². The van der Waals surface area contributed by atoms with Crippen LogP contribution in [0.2, 0.25) is 5.28 Å². The minimum Gasteiger partial charge on any atom is -0.356 e. The maximum absolute atomic E-state index is 8.25. The number of nitrogens with zero attached hydrogens (tertiary/aromatic N) is 2. The molecule has 0 amide bonds. The van der Waals surface area contributed by atoms with E-state index in [9.17, 15) is 0 Å². The van der Waals surface area contributed by atoms with E-state index in [1.165, 1.54) is 75.9 Å². The number of hydrogen-bond donors (Lipinski definition) is 0. The van der Waals surface area contributed by atoms with Gasteiger partial charge < -0.3 is 30.6 Å². The fraction of sp³-hybridized carbons (Fsp3) is 0.778. The molecule has 0 aromatic rings. The van der Waals surface area contributed by atoms with Crippen LogP contribution in [-0.4, -0.2) is 26.5 Å². The third-order valence-electron chi connectivity index (χ3n) is 3.40. The van der Waals surface area contributed by atoms with Crippen molar-refractivity contribution in [3.63, 3.8) is 0 Å². The van der Waals surface area contributed by atoms with E-state index in [0.717, 1.165) is 6.42 Å². The van der Waals surface area contributed by atoms with E-state index in [1.54, 1.807) is 0 Å². The average Bonchev–Trinajstić information content (AvgIpc) is 2.57. The van der Waals surface area contributed by atoms with Crippen molar-refractivity contribution < 1.29 is 10.2 Å². The molecule has 0 bridgehead atoms. The molecule has 0 atom stereocenters.